The van der Waals surface area contributed by atoms with E-state index in [1.165, 1.54) is 13.5 Å². The Morgan fingerprint density at radius 3 is 2.68 bits per heavy atom. The van der Waals surface area contributed by atoms with E-state index in [0.29, 0.717) is 6.61 Å². The number of rotatable bonds is 1. The van der Waals surface area contributed by atoms with Gasteiger partial charge in [-0.25, -0.2) is 0 Å². The smallest absolute Gasteiger partial charge is 0.320 e. The van der Waals surface area contributed by atoms with Gasteiger partial charge in [-0.2, -0.15) is 0 Å². The molecule has 5 nitrogen and oxygen atoms in total. The van der Waals surface area contributed by atoms with Crippen molar-refractivity contribution < 1.29 is 19.1 Å². The standard InChI is InChI=1S/C14H21NO4/c1-9-8-19-14(6-4-3-5-7-14)15-11(9)10(12(15)16)13(17)18-2/h9-11H,3-8H2,1-2H3/t9-,10+,11+/m0/s1. The molecule has 2 aliphatic heterocycles. The van der Waals surface area contributed by atoms with Crippen LogP contribution in [-0.2, 0) is 19.1 Å². The molecule has 19 heavy (non-hydrogen) atoms. The largest absolute Gasteiger partial charge is 0.468 e. The molecule has 0 aromatic carbocycles. The van der Waals surface area contributed by atoms with Crippen LogP contribution in [0.25, 0.3) is 0 Å². The van der Waals surface area contributed by atoms with Gasteiger partial charge in [0.05, 0.1) is 19.8 Å². The summed E-state index contributed by atoms with van der Waals surface area (Å²) in [5.41, 5.74) is -0.434. The quantitative estimate of drug-likeness (QED) is 0.408. The summed E-state index contributed by atoms with van der Waals surface area (Å²) in [5.74, 6) is -0.923. The molecular formula is C14H21NO4. The van der Waals surface area contributed by atoms with Crippen LogP contribution in [0.15, 0.2) is 0 Å². The Labute approximate surface area is 113 Å². The predicted octanol–water partition coefficient (Wildman–Crippen LogP) is 1.31. The van der Waals surface area contributed by atoms with Crippen molar-refractivity contribution >= 4 is 11.9 Å². The van der Waals surface area contributed by atoms with Crippen molar-refractivity contribution in [2.45, 2.75) is 50.8 Å². The Kier molecular flexibility index (Phi) is 3.04. The normalized spacial score (nSPS) is 36.6. The summed E-state index contributed by atoms with van der Waals surface area (Å²) >= 11 is 0. The lowest BCUT2D eigenvalue weighted by molar-refractivity contribution is -0.269. The first kappa shape index (κ1) is 12.9. The zero-order valence-corrected chi connectivity index (χ0v) is 11.6. The van der Waals surface area contributed by atoms with Crippen LogP contribution in [0.3, 0.4) is 0 Å². The fourth-order valence-corrected chi connectivity index (χ4v) is 3.88. The Hall–Kier alpha value is -1.10. The lowest BCUT2D eigenvalue weighted by Gasteiger charge is -2.61. The van der Waals surface area contributed by atoms with Gasteiger partial charge < -0.3 is 14.4 Å². The minimum absolute atomic E-state index is 0.0354. The number of amides is 1. The summed E-state index contributed by atoms with van der Waals surface area (Å²) < 4.78 is 10.8. The molecule has 3 fully saturated rings. The molecule has 0 radical (unpaired) electrons. The number of esters is 1. The molecule has 1 saturated carbocycles. The van der Waals surface area contributed by atoms with E-state index >= 15 is 0 Å². The number of fused-ring (bicyclic) bond motifs is 2. The molecule has 0 aromatic heterocycles. The van der Waals surface area contributed by atoms with Gasteiger partial charge in [0.25, 0.3) is 0 Å². The van der Waals surface area contributed by atoms with Gasteiger partial charge in [0.15, 0.2) is 5.92 Å². The number of ether oxygens (including phenoxy) is 2. The number of methoxy groups -OCH3 is 1. The summed E-state index contributed by atoms with van der Waals surface area (Å²) in [6.45, 7) is 2.66. The van der Waals surface area contributed by atoms with Crippen molar-refractivity contribution in [3.05, 3.63) is 0 Å². The third-order valence-electron chi connectivity index (χ3n) is 4.87. The molecule has 2 heterocycles. The third kappa shape index (κ3) is 1.71. The van der Waals surface area contributed by atoms with Crippen molar-refractivity contribution in [2.24, 2.45) is 11.8 Å². The molecule has 3 rings (SSSR count). The van der Waals surface area contributed by atoms with Gasteiger partial charge in [-0.3, -0.25) is 9.59 Å². The molecule has 1 spiro atoms. The SMILES string of the molecule is COC(=O)[C@H]1C(=O)N2[C@@H]1[C@@H](C)COC21CCCCC1. The van der Waals surface area contributed by atoms with Crippen LogP contribution in [0.5, 0.6) is 0 Å². The van der Waals surface area contributed by atoms with E-state index < -0.39 is 17.6 Å². The van der Waals surface area contributed by atoms with Gasteiger partial charge in [0.1, 0.15) is 5.72 Å². The predicted molar refractivity (Wildman–Crippen MR) is 67.1 cm³/mol. The summed E-state index contributed by atoms with van der Waals surface area (Å²) in [7, 11) is 1.35. The van der Waals surface area contributed by atoms with Crippen LogP contribution in [0.2, 0.25) is 0 Å². The minimum atomic E-state index is -0.609. The van der Waals surface area contributed by atoms with Crippen LogP contribution in [0.4, 0.5) is 0 Å². The van der Waals surface area contributed by atoms with Crippen molar-refractivity contribution in [3.8, 4) is 0 Å². The Morgan fingerprint density at radius 2 is 2.05 bits per heavy atom. The highest BCUT2D eigenvalue weighted by Gasteiger charge is 2.64. The molecule has 0 bridgehead atoms. The number of carbonyl (C=O) groups is 2. The van der Waals surface area contributed by atoms with Crippen LogP contribution in [0.1, 0.15) is 39.0 Å². The van der Waals surface area contributed by atoms with Gasteiger partial charge in [0, 0.05) is 5.92 Å². The number of hydrogen-bond acceptors (Lipinski definition) is 4. The zero-order chi connectivity index (χ0) is 13.6. The molecular weight excluding hydrogens is 246 g/mol. The first-order chi connectivity index (χ1) is 9.10. The summed E-state index contributed by atoms with van der Waals surface area (Å²) in [4.78, 5) is 26.0. The topological polar surface area (TPSA) is 55.8 Å². The van der Waals surface area contributed by atoms with E-state index in [9.17, 15) is 9.59 Å². The molecule has 1 aliphatic carbocycles. The van der Waals surface area contributed by atoms with Crippen molar-refractivity contribution in [1.29, 1.82) is 0 Å². The van der Waals surface area contributed by atoms with Gasteiger partial charge in [0.2, 0.25) is 5.91 Å². The molecule has 0 unspecified atom stereocenters. The van der Waals surface area contributed by atoms with E-state index in [0.717, 1.165) is 25.7 Å². The van der Waals surface area contributed by atoms with Crippen LogP contribution < -0.4 is 0 Å². The lowest BCUT2D eigenvalue weighted by Crippen LogP contribution is -2.77. The fraction of sp³-hybridized carbons (Fsp3) is 0.857. The average Bonchev–Trinajstić information content (AvgIpc) is 2.42. The summed E-state index contributed by atoms with van der Waals surface area (Å²) in [6.07, 6.45) is 5.18. The van der Waals surface area contributed by atoms with E-state index in [4.69, 9.17) is 9.47 Å². The van der Waals surface area contributed by atoms with Gasteiger partial charge in [-0.1, -0.05) is 13.3 Å². The second-order valence-corrected chi connectivity index (χ2v) is 5.99. The third-order valence-corrected chi connectivity index (χ3v) is 4.87. The maximum atomic E-state index is 12.4. The minimum Gasteiger partial charge on any atom is -0.468 e. The lowest BCUT2D eigenvalue weighted by atomic mass is 9.73. The van der Waals surface area contributed by atoms with E-state index in [1.54, 1.807) is 0 Å². The Bertz CT molecular complexity index is 402. The van der Waals surface area contributed by atoms with Gasteiger partial charge in [-0.05, 0) is 25.7 Å². The molecule has 3 atom stereocenters. The Balaban J connectivity index is 1.87. The van der Waals surface area contributed by atoms with Crippen LogP contribution in [-0.4, -0.2) is 42.3 Å². The van der Waals surface area contributed by atoms with E-state index in [2.05, 4.69) is 0 Å². The molecule has 106 valence electrons. The second kappa shape index (κ2) is 4.47. The number of β-lactam (4-membered cyclic amide) rings is 1. The van der Waals surface area contributed by atoms with E-state index in [1.807, 2.05) is 11.8 Å². The Morgan fingerprint density at radius 1 is 1.37 bits per heavy atom. The van der Waals surface area contributed by atoms with Crippen molar-refractivity contribution in [1.82, 2.24) is 4.90 Å². The van der Waals surface area contributed by atoms with Crippen molar-refractivity contribution in [3.63, 3.8) is 0 Å². The number of hydrogen-bond donors (Lipinski definition) is 0. The monoisotopic (exact) mass is 267 g/mol. The van der Waals surface area contributed by atoms with Crippen LogP contribution >= 0.6 is 0 Å². The number of carbonyl (C=O) groups excluding carboxylic acids is 2. The van der Waals surface area contributed by atoms with Crippen molar-refractivity contribution in [2.75, 3.05) is 13.7 Å². The van der Waals surface area contributed by atoms with E-state index in [-0.39, 0.29) is 17.9 Å². The molecule has 3 aliphatic rings. The molecule has 5 heteroatoms. The average molecular weight is 267 g/mol. The first-order valence-corrected chi connectivity index (χ1v) is 7.16. The molecule has 2 saturated heterocycles. The first-order valence-electron chi connectivity index (χ1n) is 7.16. The highest BCUT2D eigenvalue weighted by Crippen LogP contribution is 2.48. The fourth-order valence-electron chi connectivity index (χ4n) is 3.88. The summed E-state index contributed by atoms with van der Waals surface area (Å²) in [5, 5.41) is 0. The molecule has 0 N–H and O–H groups in total. The zero-order valence-electron chi connectivity index (χ0n) is 11.6. The molecule has 0 aromatic rings. The van der Waals surface area contributed by atoms with Crippen LogP contribution in [0, 0.1) is 11.8 Å². The second-order valence-electron chi connectivity index (χ2n) is 5.99. The number of nitrogens with zero attached hydrogens (tertiary/aromatic N) is 1. The molecule has 1 amide bonds. The highest BCUT2D eigenvalue weighted by atomic mass is 16.5. The maximum absolute atomic E-state index is 12.4. The van der Waals surface area contributed by atoms with Gasteiger partial charge >= 0.3 is 5.97 Å². The maximum Gasteiger partial charge on any atom is 0.320 e. The van der Waals surface area contributed by atoms with Gasteiger partial charge in [-0.15, -0.1) is 0 Å². The summed E-state index contributed by atoms with van der Waals surface area (Å²) in [6, 6.07) is -0.0354. The highest BCUT2D eigenvalue weighted by molar-refractivity contribution is 6.04.